The standard InChI is InChI=1S/C15H15NO4/c1-9-3-2-4-11-13(9)16(15(19)14(11)18)7-12(17)10-5-6-20-8-10/h2-4,10H,5-8H2,1H3. The Morgan fingerprint density at radius 1 is 1.40 bits per heavy atom. The largest absolute Gasteiger partial charge is 0.381 e. The third-order valence-electron chi connectivity index (χ3n) is 3.89. The van der Waals surface area contributed by atoms with E-state index in [4.69, 9.17) is 4.74 Å². The Morgan fingerprint density at radius 3 is 2.90 bits per heavy atom. The van der Waals surface area contributed by atoms with Gasteiger partial charge in [-0.2, -0.15) is 0 Å². The monoisotopic (exact) mass is 273 g/mol. The highest BCUT2D eigenvalue weighted by Crippen LogP contribution is 2.32. The number of fused-ring (bicyclic) bond motifs is 1. The molecule has 104 valence electrons. The summed E-state index contributed by atoms with van der Waals surface area (Å²) in [7, 11) is 0. The van der Waals surface area contributed by atoms with Crippen molar-refractivity contribution in [3.05, 3.63) is 29.3 Å². The van der Waals surface area contributed by atoms with Gasteiger partial charge in [0.2, 0.25) is 0 Å². The van der Waals surface area contributed by atoms with E-state index in [1.807, 2.05) is 13.0 Å². The van der Waals surface area contributed by atoms with Crippen molar-refractivity contribution in [3.8, 4) is 0 Å². The molecule has 0 N–H and O–H groups in total. The van der Waals surface area contributed by atoms with Crippen molar-refractivity contribution in [1.82, 2.24) is 0 Å². The normalized spacial score (nSPS) is 21.4. The number of carbonyl (C=O) groups is 3. The minimum atomic E-state index is -0.610. The van der Waals surface area contributed by atoms with Crippen molar-refractivity contribution >= 4 is 23.2 Å². The van der Waals surface area contributed by atoms with Crippen LogP contribution in [0.5, 0.6) is 0 Å². The second-order valence-electron chi connectivity index (χ2n) is 5.22. The summed E-state index contributed by atoms with van der Waals surface area (Å²) in [4.78, 5) is 37.5. The molecule has 0 aromatic heterocycles. The number of rotatable bonds is 3. The van der Waals surface area contributed by atoms with Crippen molar-refractivity contribution in [3.63, 3.8) is 0 Å². The Labute approximate surface area is 116 Å². The number of hydrogen-bond donors (Lipinski definition) is 0. The second-order valence-corrected chi connectivity index (χ2v) is 5.22. The minimum Gasteiger partial charge on any atom is -0.381 e. The minimum absolute atomic E-state index is 0.0419. The highest BCUT2D eigenvalue weighted by molar-refractivity contribution is 6.52. The molecular formula is C15H15NO4. The van der Waals surface area contributed by atoms with Gasteiger partial charge in [0.25, 0.3) is 11.7 Å². The summed E-state index contributed by atoms with van der Waals surface area (Å²) in [6.07, 6.45) is 0.690. The van der Waals surface area contributed by atoms with Crippen LogP contribution in [0.3, 0.4) is 0 Å². The highest BCUT2D eigenvalue weighted by atomic mass is 16.5. The first-order chi connectivity index (χ1) is 9.59. The van der Waals surface area contributed by atoms with E-state index < -0.39 is 11.7 Å². The summed E-state index contributed by atoms with van der Waals surface area (Å²) in [6.45, 7) is 2.78. The number of amides is 1. The van der Waals surface area contributed by atoms with Gasteiger partial charge >= 0.3 is 0 Å². The predicted molar refractivity (Wildman–Crippen MR) is 71.8 cm³/mol. The van der Waals surface area contributed by atoms with Gasteiger partial charge in [-0.1, -0.05) is 12.1 Å². The summed E-state index contributed by atoms with van der Waals surface area (Å²) < 4.78 is 5.19. The molecule has 3 rings (SSSR count). The number of hydrogen-bond acceptors (Lipinski definition) is 4. The number of ketones is 2. The smallest absolute Gasteiger partial charge is 0.299 e. The van der Waals surface area contributed by atoms with Crippen molar-refractivity contribution < 1.29 is 19.1 Å². The van der Waals surface area contributed by atoms with E-state index in [-0.39, 0.29) is 18.2 Å². The molecule has 2 aliphatic heterocycles. The summed E-state index contributed by atoms with van der Waals surface area (Å²) in [6, 6.07) is 5.21. The molecule has 20 heavy (non-hydrogen) atoms. The molecule has 1 aromatic rings. The fourth-order valence-electron chi connectivity index (χ4n) is 2.76. The first kappa shape index (κ1) is 13.0. The van der Waals surface area contributed by atoms with E-state index in [1.54, 1.807) is 12.1 Å². The molecule has 2 heterocycles. The molecule has 2 aliphatic rings. The average Bonchev–Trinajstić information content (AvgIpc) is 3.03. The van der Waals surface area contributed by atoms with E-state index in [0.717, 1.165) is 5.56 Å². The van der Waals surface area contributed by atoms with Gasteiger partial charge < -0.3 is 4.74 Å². The maximum atomic E-state index is 12.2. The number of benzene rings is 1. The average molecular weight is 273 g/mol. The molecule has 1 atom stereocenters. The number of aryl methyl sites for hydroxylation is 1. The zero-order valence-corrected chi connectivity index (χ0v) is 11.2. The van der Waals surface area contributed by atoms with Crippen LogP contribution in [-0.4, -0.2) is 37.2 Å². The van der Waals surface area contributed by atoms with Crippen LogP contribution in [0.15, 0.2) is 18.2 Å². The Morgan fingerprint density at radius 2 is 2.20 bits per heavy atom. The summed E-state index contributed by atoms with van der Waals surface area (Å²) in [5.74, 6) is -1.34. The molecule has 1 amide bonds. The highest BCUT2D eigenvalue weighted by Gasteiger charge is 2.38. The van der Waals surface area contributed by atoms with Crippen LogP contribution in [0.25, 0.3) is 0 Å². The van der Waals surface area contributed by atoms with Crippen molar-refractivity contribution in [1.29, 1.82) is 0 Å². The molecule has 1 saturated heterocycles. The molecule has 0 spiro atoms. The van der Waals surface area contributed by atoms with Crippen LogP contribution in [0.4, 0.5) is 5.69 Å². The van der Waals surface area contributed by atoms with E-state index >= 15 is 0 Å². The van der Waals surface area contributed by atoms with Gasteiger partial charge in [0, 0.05) is 12.5 Å². The van der Waals surface area contributed by atoms with Gasteiger partial charge in [0.05, 0.1) is 24.4 Å². The summed E-state index contributed by atoms with van der Waals surface area (Å²) >= 11 is 0. The number of para-hydroxylation sites is 1. The molecule has 0 saturated carbocycles. The lowest BCUT2D eigenvalue weighted by atomic mass is 10.0. The predicted octanol–water partition coefficient (Wildman–Crippen LogP) is 1.13. The zero-order chi connectivity index (χ0) is 14.3. The van der Waals surface area contributed by atoms with Crippen LogP contribution >= 0.6 is 0 Å². The lowest BCUT2D eigenvalue weighted by molar-refractivity contribution is -0.123. The quantitative estimate of drug-likeness (QED) is 0.774. The van der Waals surface area contributed by atoms with Gasteiger partial charge in [0.15, 0.2) is 5.78 Å². The number of anilines is 1. The maximum Gasteiger partial charge on any atom is 0.299 e. The third kappa shape index (κ3) is 1.94. The van der Waals surface area contributed by atoms with E-state index in [1.165, 1.54) is 4.90 Å². The van der Waals surface area contributed by atoms with Gasteiger partial charge in [-0.05, 0) is 25.0 Å². The van der Waals surface area contributed by atoms with Crippen LogP contribution < -0.4 is 4.90 Å². The first-order valence-electron chi connectivity index (χ1n) is 6.66. The Kier molecular flexibility index (Phi) is 3.14. The number of Topliss-reactive ketones (excluding diaryl/α,β-unsaturated/α-hetero) is 2. The number of carbonyl (C=O) groups excluding carboxylic acids is 3. The Balaban J connectivity index is 1.89. The first-order valence-corrected chi connectivity index (χ1v) is 6.66. The second kappa shape index (κ2) is 4.83. The zero-order valence-electron chi connectivity index (χ0n) is 11.2. The van der Waals surface area contributed by atoms with Crippen LogP contribution in [0.1, 0.15) is 22.3 Å². The molecule has 0 aliphatic carbocycles. The maximum absolute atomic E-state index is 12.2. The summed E-state index contributed by atoms with van der Waals surface area (Å²) in [5.41, 5.74) is 1.80. The molecule has 5 heteroatoms. The molecule has 1 aromatic carbocycles. The molecule has 1 unspecified atom stereocenters. The molecule has 0 bridgehead atoms. The van der Waals surface area contributed by atoms with Gasteiger partial charge in [0.1, 0.15) is 0 Å². The van der Waals surface area contributed by atoms with Gasteiger partial charge in [-0.15, -0.1) is 0 Å². The van der Waals surface area contributed by atoms with E-state index in [0.29, 0.717) is 30.9 Å². The lowest BCUT2D eigenvalue weighted by Gasteiger charge is -2.19. The Bertz CT molecular complexity index is 602. The Hall–Kier alpha value is -2.01. The molecule has 0 radical (unpaired) electrons. The molecular weight excluding hydrogens is 258 g/mol. The van der Waals surface area contributed by atoms with Crippen molar-refractivity contribution in [2.75, 3.05) is 24.7 Å². The van der Waals surface area contributed by atoms with Crippen LogP contribution in [0, 0.1) is 12.8 Å². The van der Waals surface area contributed by atoms with Crippen LogP contribution in [-0.2, 0) is 14.3 Å². The molecule has 5 nitrogen and oxygen atoms in total. The fourth-order valence-corrected chi connectivity index (χ4v) is 2.76. The van der Waals surface area contributed by atoms with Crippen LogP contribution in [0.2, 0.25) is 0 Å². The van der Waals surface area contributed by atoms with E-state index in [9.17, 15) is 14.4 Å². The molecule has 1 fully saturated rings. The van der Waals surface area contributed by atoms with Crippen molar-refractivity contribution in [2.45, 2.75) is 13.3 Å². The van der Waals surface area contributed by atoms with Gasteiger partial charge in [-0.25, -0.2) is 0 Å². The lowest BCUT2D eigenvalue weighted by Crippen LogP contribution is -2.37. The summed E-state index contributed by atoms with van der Waals surface area (Å²) in [5, 5.41) is 0. The fraction of sp³-hybridized carbons (Fsp3) is 0.400. The topological polar surface area (TPSA) is 63.7 Å². The number of ether oxygens (including phenoxy) is 1. The van der Waals surface area contributed by atoms with E-state index in [2.05, 4.69) is 0 Å². The van der Waals surface area contributed by atoms with Crippen molar-refractivity contribution in [2.24, 2.45) is 5.92 Å². The third-order valence-corrected chi connectivity index (χ3v) is 3.89. The number of nitrogens with zero attached hydrogens (tertiary/aromatic N) is 1. The SMILES string of the molecule is Cc1cccc2c1N(CC(=O)C1CCOC1)C(=O)C2=O. The van der Waals surface area contributed by atoms with Gasteiger partial charge in [-0.3, -0.25) is 19.3 Å².